The predicted molar refractivity (Wildman–Crippen MR) is 450 cm³/mol. The number of carbonyl (C=O) groups is 3. The molecule has 2 aliphatic rings. The third-order valence-electron chi connectivity index (χ3n) is 18.5. The van der Waals surface area contributed by atoms with E-state index in [1.165, 1.54) is 0 Å². The number of carbonyl (C=O) groups excluding carboxylic acids is 3. The number of ether oxygens (including phenoxy) is 6. The van der Waals surface area contributed by atoms with Crippen LogP contribution in [0.2, 0.25) is 0 Å². The molecule has 0 spiro atoms. The van der Waals surface area contributed by atoms with Crippen LogP contribution in [0, 0.1) is 5.92 Å². The van der Waals surface area contributed by atoms with Crippen molar-refractivity contribution in [2.24, 2.45) is 11.7 Å². The molecule has 1 amide bonds. The Kier molecular flexibility index (Phi) is 43.8. The van der Waals surface area contributed by atoms with Crippen LogP contribution < -0.4 is 20.5 Å². The van der Waals surface area contributed by atoms with E-state index in [2.05, 4.69) is 126 Å². The molecule has 31 heteroatoms. The van der Waals surface area contributed by atoms with Crippen LogP contribution in [0.15, 0.2) is 140 Å². The number of hydrogen-bond donors (Lipinski definition) is 11. The van der Waals surface area contributed by atoms with Crippen molar-refractivity contribution in [2.75, 3.05) is 57.8 Å². The van der Waals surface area contributed by atoms with Gasteiger partial charge in [-0.3, -0.25) is 9.59 Å². The van der Waals surface area contributed by atoms with Crippen LogP contribution >= 0.6 is 82.5 Å². The number of aromatic nitrogens is 4. The summed E-state index contributed by atoms with van der Waals surface area (Å²) >= 11 is 9.54. The third kappa shape index (κ3) is 30.1. The van der Waals surface area contributed by atoms with Gasteiger partial charge in [0.2, 0.25) is 30.2 Å². The quantitative estimate of drug-likeness (QED) is 0.0101. The summed E-state index contributed by atoms with van der Waals surface area (Å²) in [6, 6.07) is 44.4. The summed E-state index contributed by atoms with van der Waals surface area (Å²) in [6.45, 7) is 11.1. The van der Waals surface area contributed by atoms with Crippen molar-refractivity contribution in [3.63, 3.8) is 0 Å². The van der Waals surface area contributed by atoms with E-state index in [0.29, 0.717) is 82.0 Å². The van der Waals surface area contributed by atoms with Crippen LogP contribution in [0.3, 0.4) is 0 Å². The summed E-state index contributed by atoms with van der Waals surface area (Å²) in [5, 5.41) is 96.4. The van der Waals surface area contributed by atoms with Crippen LogP contribution in [0.1, 0.15) is 159 Å². The van der Waals surface area contributed by atoms with Crippen molar-refractivity contribution in [3.8, 4) is 11.8 Å². The number of hydrogen-bond acceptors (Lipinski definition) is 21. The number of aliphatic hydroxyl groups excluding tert-OH is 9. The molecule has 0 saturated carbocycles. The van der Waals surface area contributed by atoms with Crippen LogP contribution in [0.25, 0.3) is 0 Å². The monoisotopic (exact) mass is 2040 g/mol. The molecule has 4 heterocycles. The van der Waals surface area contributed by atoms with E-state index in [4.69, 9.17) is 59.7 Å². The molecule has 2 saturated heterocycles. The molecule has 9 rings (SSSR count). The Hall–Kier alpha value is -4.59. The number of nitrogens with two attached hydrogens (primary N) is 1. The number of nitrogens with one attached hydrogen (secondary N) is 1. The molecule has 0 radical (unpaired) electrons. The summed E-state index contributed by atoms with van der Waals surface area (Å²) in [5.74, 6) is -0.949. The summed E-state index contributed by atoms with van der Waals surface area (Å²) in [7, 11) is 0. The number of alkyl halides is 3. The van der Waals surface area contributed by atoms with Crippen molar-refractivity contribution < 1.29 is 102 Å². The molecule has 7 aromatic rings. The second-order valence-electron chi connectivity index (χ2n) is 27.6. The Morgan fingerprint density at radius 3 is 1.40 bits per heavy atom. The van der Waals surface area contributed by atoms with E-state index >= 15 is 4.39 Å². The van der Waals surface area contributed by atoms with Crippen LogP contribution in [-0.2, 0) is 72.2 Å². The first-order chi connectivity index (χ1) is 53.1. The molecule has 5 aromatic carbocycles. The average Bonchev–Trinajstić information content (AvgIpc) is 1.60. The molecule has 2 aromatic heterocycles. The van der Waals surface area contributed by atoms with Gasteiger partial charge in [-0.1, -0.05) is 192 Å². The molecule has 0 unspecified atom stereocenters. The van der Waals surface area contributed by atoms with Crippen LogP contribution in [0.4, 0.5) is 8.78 Å². The van der Waals surface area contributed by atoms with Gasteiger partial charge in [-0.25, -0.2) is 22.9 Å². The van der Waals surface area contributed by atoms with E-state index < -0.39 is 125 Å². The second kappa shape index (κ2) is 50.1. The van der Waals surface area contributed by atoms with Crippen molar-refractivity contribution in [3.05, 3.63) is 201 Å². The van der Waals surface area contributed by atoms with E-state index in [-0.39, 0.29) is 35.1 Å². The van der Waals surface area contributed by atoms with Gasteiger partial charge in [-0.15, -0.1) is 0 Å². The maximum absolute atomic E-state index is 15.7. The Morgan fingerprint density at radius 2 is 1.00 bits per heavy atom. The van der Waals surface area contributed by atoms with Crippen LogP contribution in [-0.4, -0.2) is 208 Å². The zero-order valence-electron chi connectivity index (χ0n) is 63.9. The maximum atomic E-state index is 15.7. The summed E-state index contributed by atoms with van der Waals surface area (Å²) < 4.78 is 69.6. The van der Waals surface area contributed by atoms with Gasteiger partial charge in [0.15, 0.2) is 12.3 Å². The fraction of sp³-hybridized carbons (Fsp3) is 0.512. The Morgan fingerprint density at radius 1 is 0.586 bits per heavy atom. The standard InChI is InChI=1S/C41H49FN2O6.C34H46FN3O9.C4H11NO3.CH3I.3HI.V/c1-6-34-36(42)28(5)38(49-40(46)32-18-12-9-13-19-32)41(48-34)50-39-33(37(27(3)4)43-44(39)26-31-15-10-8-11-16-31)25-30-23-21-29(22-24-30)17-14-20-35(45)47-7-2;1-21(2)29-25(15-23-13-11-22(12-14-23)9-6-10-27(43)36-34(18-40,19-41)20-42)32(38(37-29)16-24-7-4-3-5-8-24)47-33-31(45)30(44)28(35)26(17-39)46-33;5-4(1-6,2-7)3-8;1-2;;;;/h8-13,15-16,18-19,21-24,27-28,34,36,38,41H,6-7,14,17,20,25-26H2,1-5H3;3-5,7-8,11-14,21,26,28,30-31,33,39-42,44-45H,6,9-10,15-20H2,1-2H3,(H,36,43);6-8H,1-3,5H2;1H3;3*1H;/q;;;;;;;+3/p-3/t28-,34+,36-,38+,41-;26-,28-,30+,31-,33+;;;;;;/m01....../s1. The molecular weight excluding hydrogens is 1930 g/mol. The first-order valence-electron chi connectivity index (χ1n) is 36.8. The minimum atomic E-state index is -1.99. The molecular formula is C80H109F2I4N6O18V. The van der Waals surface area contributed by atoms with E-state index in [1.54, 1.807) is 35.9 Å². The molecule has 2 aliphatic heterocycles. The Labute approximate surface area is 701 Å². The fourth-order valence-corrected chi connectivity index (χ4v) is 12.0. The normalized spacial score (nSPS) is 19.6. The van der Waals surface area contributed by atoms with Crippen molar-refractivity contribution in [1.29, 1.82) is 0 Å². The summed E-state index contributed by atoms with van der Waals surface area (Å²) in [6.07, 6.45) is -8.01. The second-order valence-corrected chi connectivity index (χ2v) is 63.0. The summed E-state index contributed by atoms with van der Waals surface area (Å²) in [4.78, 5) is 39.1. The molecule has 111 heavy (non-hydrogen) atoms. The minimum absolute atomic E-state index is 0.0146. The molecule has 614 valence electrons. The topological polar surface area (TPSA) is 362 Å². The number of esters is 2. The molecule has 10 atom stereocenters. The molecule has 0 aliphatic carbocycles. The van der Waals surface area contributed by atoms with Crippen LogP contribution in [0.5, 0.6) is 11.8 Å². The molecule has 0 bridgehead atoms. The van der Waals surface area contributed by atoms with Crippen molar-refractivity contribution >= 4 is 100 Å². The first-order valence-corrected chi connectivity index (χ1v) is 52.5. The number of aliphatic hydroxyl groups is 9. The SMILES string of the molecule is CC(C)c1nn(Cc2ccccc2)c(O[C@@H]2O[C@H](CO)[C@@H](F)[C@H](O)[C@H]2O)c1Cc1ccc(CCCC(=O)NC(CO)(CO)CO)cc1.CCOC(=O)CCCc1ccc(Cc2c(C(C)C)nn(Cc3ccccc3)c2O[C@@H]2O[C@H](CC)[C@@H](F)[C@H](C)[C@H]2OC(=O)c2ccccc2)cc1.CI.NC(CO)(CO)CO.[I][V]([I])[I]. The van der Waals surface area contributed by atoms with Crippen molar-refractivity contribution in [1.82, 2.24) is 24.9 Å². The average molecular weight is 2040 g/mol. The number of amides is 1. The Bertz CT molecular complexity index is 3800. The first kappa shape index (κ1) is 97.0. The van der Waals surface area contributed by atoms with Gasteiger partial charge in [0.25, 0.3) is 0 Å². The number of nitrogens with zero attached hydrogens (tertiary/aromatic N) is 4. The van der Waals surface area contributed by atoms with Gasteiger partial charge in [-0.2, -0.15) is 10.2 Å². The number of rotatable bonds is 34. The van der Waals surface area contributed by atoms with Gasteiger partial charge in [0, 0.05) is 42.7 Å². The molecule has 12 N–H and O–H groups in total. The number of halogens is 6. The Balaban J connectivity index is 0.000000340. The van der Waals surface area contributed by atoms with Gasteiger partial charge in [0.1, 0.15) is 30.0 Å². The van der Waals surface area contributed by atoms with E-state index in [0.717, 1.165) is 62.3 Å². The number of benzene rings is 5. The van der Waals surface area contributed by atoms with Gasteiger partial charge in [-0.05, 0) is 101 Å². The molecule has 2 fully saturated rings. The zero-order chi connectivity index (χ0) is 82.0. The number of aryl methyl sites for hydroxylation is 2. The van der Waals surface area contributed by atoms with Gasteiger partial charge in [0.05, 0.1) is 94.5 Å². The fourth-order valence-electron chi connectivity index (χ4n) is 12.0. The predicted octanol–water partition coefficient (Wildman–Crippen LogP) is 10.6. The summed E-state index contributed by atoms with van der Waals surface area (Å²) in [5.41, 5.74) is 12.2. The van der Waals surface area contributed by atoms with Gasteiger partial charge < -0.3 is 85.4 Å². The third-order valence-corrected chi connectivity index (χ3v) is 18.5. The molecule has 24 nitrogen and oxygen atoms in total. The zero-order valence-corrected chi connectivity index (χ0v) is 73.9. The van der Waals surface area contributed by atoms with E-state index in [1.807, 2.05) is 128 Å². The van der Waals surface area contributed by atoms with Gasteiger partial charge >= 0.3 is 76.8 Å². The van der Waals surface area contributed by atoms with E-state index in [9.17, 15) is 49.4 Å². The van der Waals surface area contributed by atoms with Crippen molar-refractivity contribution in [2.45, 2.75) is 198 Å².